The Morgan fingerprint density at radius 3 is 1.78 bits per heavy atom. The van der Waals surface area contributed by atoms with Crippen LogP contribution >= 0.6 is 26.8 Å². The summed E-state index contributed by atoms with van der Waals surface area (Å²) in [6.45, 7) is 2.10. The second kappa shape index (κ2) is 6.35. The van der Waals surface area contributed by atoms with Gasteiger partial charge in [-0.1, -0.05) is 0 Å². The first-order valence-corrected chi connectivity index (χ1v) is 15.5. The Bertz CT molecular complexity index is 63.3. The summed E-state index contributed by atoms with van der Waals surface area (Å²) in [5, 5.41) is 0. The second-order valence-electron chi connectivity index (χ2n) is 1.72. The number of rotatable bonds is 3. The third-order valence-corrected chi connectivity index (χ3v) is 7.24. The maximum atomic E-state index is 5.65. The summed E-state index contributed by atoms with van der Waals surface area (Å²) in [5.74, 6) is 0. The quantitative estimate of drug-likeness (QED) is 0.718. The molecule has 5 heteroatoms. The van der Waals surface area contributed by atoms with Crippen molar-refractivity contribution in [3.8, 4) is 0 Å². The first kappa shape index (κ1) is 13.2. The van der Waals surface area contributed by atoms with Gasteiger partial charge in [-0.05, 0) is 0 Å². The molecule has 0 bridgehead atoms. The average molecular weight is 300 g/mol. The van der Waals surface area contributed by atoms with Crippen molar-refractivity contribution in [2.75, 3.05) is 0 Å². The van der Waals surface area contributed by atoms with Gasteiger partial charge in [0.25, 0.3) is 0 Å². The Labute approximate surface area is 71.0 Å². The topological polar surface area (TPSA) is 31.5 Å². The van der Waals surface area contributed by atoms with Gasteiger partial charge in [0.05, 0.1) is 0 Å². The molecule has 0 saturated heterocycles. The molecule has 0 unspecified atom stereocenters. The summed E-state index contributed by atoms with van der Waals surface area (Å²) in [4.78, 5) is 0. The molecule has 0 aliphatic carbocycles. The van der Waals surface area contributed by atoms with Crippen LogP contribution in [0.25, 0.3) is 0 Å². The van der Waals surface area contributed by atoms with Crippen molar-refractivity contribution in [3.05, 3.63) is 0 Å². The minimum absolute atomic E-state index is 0. The molecular formula is C4H11Cl3OSn. The van der Waals surface area contributed by atoms with E-state index in [1.54, 1.807) is 0 Å². The number of unbranched alkanes of at least 4 members (excludes halogenated alkanes) is 1. The van der Waals surface area contributed by atoms with E-state index in [1.165, 1.54) is 0 Å². The molecule has 0 aromatic heterocycles. The van der Waals surface area contributed by atoms with Gasteiger partial charge in [-0.2, -0.15) is 0 Å². The van der Waals surface area contributed by atoms with Gasteiger partial charge in [-0.3, -0.25) is 0 Å². The van der Waals surface area contributed by atoms with Crippen LogP contribution < -0.4 is 0 Å². The first-order valence-electron chi connectivity index (χ1n) is 2.63. The standard InChI is InChI=1S/C4H9.3ClH.H2O.Sn/c1-3-4-2;;;;;/h1,3-4H2,2H3;3*1H;1H2;/q;;;;;+3/p-3. The number of hydrogen-bond acceptors (Lipinski definition) is 0. The summed E-state index contributed by atoms with van der Waals surface area (Å²) in [6.07, 6.45) is 2.21. The van der Waals surface area contributed by atoms with E-state index in [4.69, 9.17) is 26.8 Å². The third-order valence-electron chi connectivity index (χ3n) is 0.814. The van der Waals surface area contributed by atoms with Gasteiger partial charge in [0.1, 0.15) is 0 Å². The van der Waals surface area contributed by atoms with Crippen molar-refractivity contribution in [1.29, 1.82) is 0 Å². The first-order chi connectivity index (χ1) is 3.56. The maximum absolute atomic E-state index is 5.65. The van der Waals surface area contributed by atoms with Crippen molar-refractivity contribution < 1.29 is 5.48 Å². The SMILES string of the molecule is CCC[CH2][Sn]([Cl])([Cl])[Cl].O. The predicted octanol–water partition coefficient (Wildman–Crippen LogP) is 2.62. The Morgan fingerprint density at radius 1 is 1.22 bits per heavy atom. The van der Waals surface area contributed by atoms with Crippen LogP contribution in [-0.2, 0) is 0 Å². The van der Waals surface area contributed by atoms with Crippen LogP contribution in [0.5, 0.6) is 0 Å². The normalized spacial score (nSPS) is 10.7. The second-order valence-corrected chi connectivity index (χ2v) is 23.5. The van der Waals surface area contributed by atoms with E-state index < -0.39 is 15.0 Å². The Morgan fingerprint density at radius 2 is 1.67 bits per heavy atom. The smallest absolute Gasteiger partial charge is 0.412 e. The fourth-order valence-corrected chi connectivity index (χ4v) is 5.22. The molecule has 0 atom stereocenters. The molecule has 0 spiro atoms. The van der Waals surface area contributed by atoms with Gasteiger partial charge in [0.15, 0.2) is 0 Å². The van der Waals surface area contributed by atoms with E-state index in [1.807, 2.05) is 0 Å². The van der Waals surface area contributed by atoms with Gasteiger partial charge in [0.2, 0.25) is 0 Å². The van der Waals surface area contributed by atoms with Crippen LogP contribution in [0.1, 0.15) is 19.8 Å². The summed E-state index contributed by atoms with van der Waals surface area (Å²) in [6, 6.07) is 0. The summed E-state index contributed by atoms with van der Waals surface area (Å²) in [5.41, 5.74) is 0. The minimum Gasteiger partial charge on any atom is -0.412 e. The molecular weight excluding hydrogens is 289 g/mol. The van der Waals surface area contributed by atoms with E-state index in [9.17, 15) is 0 Å². The molecule has 0 aliphatic heterocycles. The van der Waals surface area contributed by atoms with E-state index in [0.29, 0.717) is 0 Å². The Hall–Kier alpha value is 1.63. The maximum Gasteiger partial charge on any atom is -0.412 e. The Balaban J connectivity index is 0. The van der Waals surface area contributed by atoms with Crippen LogP contribution in [0.4, 0.5) is 0 Å². The fourth-order valence-electron chi connectivity index (χ4n) is 0.377. The van der Waals surface area contributed by atoms with Gasteiger partial charge < -0.3 is 5.48 Å². The molecule has 9 heavy (non-hydrogen) atoms. The van der Waals surface area contributed by atoms with E-state index in [-0.39, 0.29) is 5.48 Å². The number of halogens is 3. The van der Waals surface area contributed by atoms with Crippen molar-refractivity contribution in [2.24, 2.45) is 0 Å². The number of hydrogen-bond donors (Lipinski definition) is 0. The average Bonchev–Trinajstić information content (AvgIpc) is 1.59. The van der Waals surface area contributed by atoms with E-state index >= 15 is 0 Å². The molecule has 0 saturated carbocycles. The Kier molecular flexibility index (Phi) is 9.33. The van der Waals surface area contributed by atoms with Crippen molar-refractivity contribution >= 4 is 41.8 Å². The van der Waals surface area contributed by atoms with Gasteiger partial charge in [-0.15, -0.1) is 0 Å². The summed E-state index contributed by atoms with van der Waals surface area (Å²) >= 11 is -2.89. The van der Waals surface area contributed by atoms with Gasteiger partial charge in [-0.25, -0.2) is 0 Å². The van der Waals surface area contributed by atoms with Crippen molar-refractivity contribution in [3.63, 3.8) is 0 Å². The summed E-state index contributed by atoms with van der Waals surface area (Å²) in [7, 11) is 17.0. The molecule has 2 N–H and O–H groups in total. The monoisotopic (exact) mass is 300 g/mol. The van der Waals surface area contributed by atoms with Gasteiger partial charge >= 0.3 is 66.0 Å². The molecule has 0 aromatic rings. The zero-order valence-corrected chi connectivity index (χ0v) is 10.4. The predicted molar refractivity (Wildman–Crippen MR) is 46.6 cm³/mol. The largest absolute Gasteiger partial charge is 0.412 e. The van der Waals surface area contributed by atoms with Crippen LogP contribution in [0.3, 0.4) is 0 Å². The summed E-state index contributed by atoms with van der Waals surface area (Å²) < 4.78 is 0.871. The third kappa shape index (κ3) is 12.8. The van der Waals surface area contributed by atoms with Crippen molar-refractivity contribution in [1.82, 2.24) is 0 Å². The molecule has 0 rings (SSSR count). The van der Waals surface area contributed by atoms with Crippen LogP contribution in [0.15, 0.2) is 0 Å². The van der Waals surface area contributed by atoms with Gasteiger partial charge in [0, 0.05) is 0 Å². The zero-order chi connectivity index (χ0) is 6.62. The van der Waals surface area contributed by atoms with Crippen LogP contribution in [0.2, 0.25) is 4.44 Å². The van der Waals surface area contributed by atoms with Crippen LogP contribution in [-0.4, -0.2) is 20.5 Å². The molecule has 1 nitrogen and oxygen atoms in total. The van der Waals surface area contributed by atoms with E-state index in [2.05, 4.69) is 6.92 Å². The molecule has 0 aliphatic rings. The van der Waals surface area contributed by atoms with E-state index in [0.717, 1.165) is 17.3 Å². The molecule has 0 radical (unpaired) electrons. The molecule has 58 valence electrons. The fraction of sp³-hybridized carbons (Fsp3) is 1.00. The molecule has 0 aromatic carbocycles. The zero-order valence-electron chi connectivity index (χ0n) is 5.26. The minimum atomic E-state index is -2.89. The molecule has 0 amide bonds. The van der Waals surface area contributed by atoms with Crippen LogP contribution in [0, 0.1) is 0 Å². The molecule has 0 fully saturated rings. The van der Waals surface area contributed by atoms with Crippen molar-refractivity contribution in [2.45, 2.75) is 24.2 Å². The molecule has 0 heterocycles.